The Bertz CT molecular complexity index is 560. The van der Waals surface area contributed by atoms with Crippen molar-refractivity contribution < 1.29 is 19.4 Å². The molecule has 1 amide bonds. The summed E-state index contributed by atoms with van der Waals surface area (Å²) in [7, 11) is 0. The number of carbonyl (C=O) groups excluding carboxylic acids is 1. The maximum Gasteiger partial charge on any atom is 0.407 e. The topological polar surface area (TPSA) is 95.4 Å². The van der Waals surface area contributed by atoms with Gasteiger partial charge in [-0.1, -0.05) is 0 Å². The van der Waals surface area contributed by atoms with E-state index >= 15 is 0 Å². The molecular weight excluding hydrogens is 531 g/mol. The average Bonchev–Trinajstić information content (AvgIpc) is 3.11. The third-order valence-electron chi connectivity index (χ3n) is 5.02. The number of aliphatic imine (C=N–C) groups is 1. The summed E-state index contributed by atoms with van der Waals surface area (Å²) in [5.74, 6) is 2.68. The molecule has 182 valence electrons. The van der Waals surface area contributed by atoms with Gasteiger partial charge in [0.05, 0.1) is 18.2 Å². The Balaban J connectivity index is 0.00000480. The summed E-state index contributed by atoms with van der Waals surface area (Å²) in [6, 6.07) is 0. The molecule has 0 bridgehead atoms. The van der Waals surface area contributed by atoms with E-state index in [1.165, 1.54) is 0 Å². The van der Waals surface area contributed by atoms with Crippen LogP contribution < -0.4 is 10.6 Å². The van der Waals surface area contributed by atoms with Gasteiger partial charge in [0.25, 0.3) is 0 Å². The van der Waals surface area contributed by atoms with E-state index in [2.05, 4.69) is 22.5 Å². The maximum absolute atomic E-state index is 11.6. The number of rotatable bonds is 8. The molecule has 0 spiro atoms. The number of alkyl carbamates (subject to hydrolysis) is 1. The minimum Gasteiger partial charge on any atom is -0.444 e. The molecule has 2 aliphatic heterocycles. The van der Waals surface area contributed by atoms with E-state index in [-0.39, 0.29) is 36.2 Å². The number of hydrogen-bond donors (Lipinski definition) is 3. The zero-order valence-corrected chi connectivity index (χ0v) is 22.6. The summed E-state index contributed by atoms with van der Waals surface area (Å²) >= 11 is 1.80. The summed E-state index contributed by atoms with van der Waals surface area (Å²) in [5.41, 5.74) is -1.13. The second-order valence-electron chi connectivity index (χ2n) is 9.04. The molecule has 2 rings (SSSR count). The Morgan fingerprint density at radius 2 is 2.00 bits per heavy atom. The largest absolute Gasteiger partial charge is 0.444 e. The van der Waals surface area contributed by atoms with Crippen LogP contribution in [0.2, 0.25) is 0 Å². The van der Waals surface area contributed by atoms with Crippen molar-refractivity contribution in [2.24, 2.45) is 4.99 Å². The zero-order valence-electron chi connectivity index (χ0n) is 19.4. The molecular formula is C21H41IN4O4S. The molecule has 0 aromatic carbocycles. The van der Waals surface area contributed by atoms with Gasteiger partial charge in [0.15, 0.2) is 5.96 Å². The van der Waals surface area contributed by atoms with Gasteiger partial charge >= 0.3 is 6.09 Å². The van der Waals surface area contributed by atoms with E-state index < -0.39 is 11.2 Å². The molecule has 0 aromatic heterocycles. The normalized spacial score (nSPS) is 22.7. The first-order chi connectivity index (χ1) is 14.2. The van der Waals surface area contributed by atoms with Crippen LogP contribution >= 0.6 is 35.7 Å². The molecule has 2 heterocycles. The summed E-state index contributed by atoms with van der Waals surface area (Å²) in [4.78, 5) is 18.6. The minimum atomic E-state index is -0.653. The molecule has 0 saturated carbocycles. The smallest absolute Gasteiger partial charge is 0.407 e. The van der Waals surface area contributed by atoms with Crippen LogP contribution in [0, 0.1) is 0 Å². The molecule has 0 aliphatic carbocycles. The Labute approximate surface area is 208 Å². The number of nitrogens with one attached hydrogen (secondary N) is 2. The van der Waals surface area contributed by atoms with Crippen LogP contribution in [0.5, 0.6) is 0 Å². The van der Waals surface area contributed by atoms with Gasteiger partial charge in [-0.15, -0.1) is 24.0 Å². The van der Waals surface area contributed by atoms with Crippen LogP contribution in [0.25, 0.3) is 0 Å². The van der Waals surface area contributed by atoms with Crippen molar-refractivity contribution in [3.8, 4) is 0 Å². The molecule has 0 aromatic rings. The molecule has 2 saturated heterocycles. The second-order valence-corrected chi connectivity index (χ2v) is 10.1. The standard InChI is InChI=1S/C21H40N4O4S.HI/c1-5-22-18(24-15-21(27)9-14-30-16-21)25-11-7-17(8-12-25)28-13-6-10-23-19(26)29-20(2,3)4;/h17,27H,5-16H2,1-4H3,(H,22,24)(H,23,26);1H. The summed E-state index contributed by atoms with van der Waals surface area (Å²) in [6.45, 7) is 11.8. The highest BCUT2D eigenvalue weighted by Crippen LogP contribution is 2.28. The quantitative estimate of drug-likeness (QED) is 0.178. The number of nitrogens with zero attached hydrogens (tertiary/aromatic N) is 2. The summed E-state index contributed by atoms with van der Waals surface area (Å²) < 4.78 is 11.2. The molecule has 0 radical (unpaired) electrons. The number of piperidine rings is 1. The van der Waals surface area contributed by atoms with Gasteiger partial charge in [-0.2, -0.15) is 11.8 Å². The van der Waals surface area contributed by atoms with Crippen molar-refractivity contribution >= 4 is 47.8 Å². The van der Waals surface area contributed by atoms with Gasteiger partial charge in [-0.05, 0) is 59.1 Å². The van der Waals surface area contributed by atoms with Crippen LogP contribution in [0.15, 0.2) is 4.99 Å². The molecule has 10 heteroatoms. The third kappa shape index (κ3) is 11.3. The zero-order chi connectivity index (χ0) is 22.0. The molecule has 31 heavy (non-hydrogen) atoms. The number of halogens is 1. The number of amides is 1. The van der Waals surface area contributed by atoms with Crippen molar-refractivity contribution in [1.82, 2.24) is 15.5 Å². The first kappa shape index (κ1) is 28.6. The Morgan fingerprint density at radius 3 is 2.58 bits per heavy atom. The van der Waals surface area contributed by atoms with Crippen LogP contribution in [0.1, 0.15) is 53.4 Å². The molecule has 2 fully saturated rings. The first-order valence-corrected chi connectivity index (χ1v) is 12.3. The lowest BCUT2D eigenvalue weighted by atomic mass is 10.0. The molecule has 2 aliphatic rings. The lowest BCUT2D eigenvalue weighted by Gasteiger charge is -2.34. The number of guanidine groups is 1. The molecule has 8 nitrogen and oxygen atoms in total. The van der Waals surface area contributed by atoms with E-state index in [1.807, 2.05) is 20.8 Å². The number of thioether (sulfide) groups is 1. The highest BCUT2D eigenvalue weighted by Gasteiger charge is 2.32. The fourth-order valence-corrected chi connectivity index (χ4v) is 4.71. The fraction of sp³-hybridized carbons (Fsp3) is 0.905. The monoisotopic (exact) mass is 572 g/mol. The number of likely N-dealkylation sites (tertiary alicyclic amines) is 1. The van der Waals surface area contributed by atoms with Gasteiger partial charge in [0, 0.05) is 38.5 Å². The Kier molecular flexibility index (Phi) is 12.9. The van der Waals surface area contributed by atoms with E-state index in [0.717, 1.165) is 62.8 Å². The third-order valence-corrected chi connectivity index (χ3v) is 6.26. The van der Waals surface area contributed by atoms with Crippen molar-refractivity contribution in [3.05, 3.63) is 0 Å². The molecule has 3 N–H and O–H groups in total. The lowest BCUT2D eigenvalue weighted by molar-refractivity contribution is 0.0168. The van der Waals surface area contributed by atoms with Crippen LogP contribution in [0.3, 0.4) is 0 Å². The number of ether oxygens (including phenoxy) is 2. The van der Waals surface area contributed by atoms with Gasteiger partial charge in [0.1, 0.15) is 5.60 Å². The predicted octanol–water partition coefficient (Wildman–Crippen LogP) is 2.83. The van der Waals surface area contributed by atoms with Gasteiger partial charge in [-0.25, -0.2) is 4.79 Å². The van der Waals surface area contributed by atoms with Crippen molar-refractivity contribution in [2.75, 3.05) is 50.8 Å². The van der Waals surface area contributed by atoms with E-state index in [4.69, 9.17) is 14.5 Å². The Hall–Kier alpha value is -0.460. The average molecular weight is 573 g/mol. The first-order valence-electron chi connectivity index (χ1n) is 11.1. The minimum absolute atomic E-state index is 0. The summed E-state index contributed by atoms with van der Waals surface area (Å²) in [5, 5.41) is 16.7. The second kappa shape index (κ2) is 13.9. The van der Waals surface area contributed by atoms with E-state index in [1.54, 1.807) is 11.8 Å². The SMILES string of the molecule is CCNC(=NCC1(O)CCSC1)N1CCC(OCCCNC(=O)OC(C)(C)C)CC1.I. The van der Waals surface area contributed by atoms with Crippen molar-refractivity contribution in [2.45, 2.75) is 70.7 Å². The van der Waals surface area contributed by atoms with Crippen LogP contribution in [-0.2, 0) is 9.47 Å². The number of hydrogen-bond acceptors (Lipinski definition) is 6. The highest BCUT2D eigenvalue weighted by molar-refractivity contribution is 14.0. The van der Waals surface area contributed by atoms with Crippen LogP contribution in [0.4, 0.5) is 4.79 Å². The van der Waals surface area contributed by atoms with Gasteiger partial charge in [-0.3, -0.25) is 4.99 Å². The summed E-state index contributed by atoms with van der Waals surface area (Å²) in [6.07, 6.45) is 3.33. The number of carbonyl (C=O) groups is 1. The molecule has 1 atom stereocenters. The van der Waals surface area contributed by atoms with Crippen molar-refractivity contribution in [3.63, 3.8) is 0 Å². The van der Waals surface area contributed by atoms with Crippen molar-refractivity contribution in [1.29, 1.82) is 0 Å². The maximum atomic E-state index is 11.6. The predicted molar refractivity (Wildman–Crippen MR) is 138 cm³/mol. The highest BCUT2D eigenvalue weighted by atomic mass is 127. The lowest BCUT2D eigenvalue weighted by Crippen LogP contribution is -2.48. The van der Waals surface area contributed by atoms with Gasteiger partial charge < -0.3 is 30.1 Å². The Morgan fingerprint density at radius 1 is 1.29 bits per heavy atom. The van der Waals surface area contributed by atoms with E-state index in [0.29, 0.717) is 19.7 Å². The molecule has 1 unspecified atom stereocenters. The number of aliphatic hydroxyl groups is 1. The van der Waals surface area contributed by atoms with E-state index in [9.17, 15) is 9.90 Å². The van der Waals surface area contributed by atoms with Crippen LogP contribution in [-0.4, -0.2) is 90.2 Å². The fourth-order valence-electron chi connectivity index (χ4n) is 3.43. The van der Waals surface area contributed by atoms with Gasteiger partial charge in [0.2, 0.25) is 0 Å².